The van der Waals surface area contributed by atoms with Gasteiger partial charge in [-0.3, -0.25) is 4.57 Å². The maximum absolute atomic E-state index is 5.30. The van der Waals surface area contributed by atoms with Crippen LogP contribution in [0, 0.1) is 23.7 Å². The minimum absolute atomic E-state index is 0.104. The molecule has 13 rings (SSSR count). The Kier molecular flexibility index (Phi) is 5.64. The van der Waals surface area contributed by atoms with E-state index in [4.69, 9.17) is 15.0 Å². The number of fused-ring (bicyclic) bond motifs is 9. The van der Waals surface area contributed by atoms with Gasteiger partial charge >= 0.3 is 0 Å². The molecular weight excluding hydrogens is 621 g/mol. The molecule has 0 amide bonds. The number of aromatic nitrogens is 4. The molecule has 4 bridgehead atoms. The first-order valence-electron chi connectivity index (χ1n) is 18.7. The zero-order valence-corrected chi connectivity index (χ0v) is 28.3. The summed E-state index contributed by atoms with van der Waals surface area (Å²) in [5.74, 6) is 5.25. The summed E-state index contributed by atoms with van der Waals surface area (Å²) in [6, 6.07) is 48.5. The number of nitrogens with zero attached hydrogens (tertiary/aromatic N) is 4. The Balaban J connectivity index is 1.22. The Bertz CT molecular complexity index is 2620. The first kappa shape index (κ1) is 28.1. The first-order chi connectivity index (χ1) is 25.3. The maximum Gasteiger partial charge on any atom is 0.238 e. The standard InChI is InChI=1S/C47H36N4/c1-3-12-31(13-4-1)44-48-45(32-14-5-2-6-15-32)50-46(49-44)51-40-22-21-39-41(42(40)37-20-19-30-11-7-8-16-35(30)43(37)51)36-17-9-10-18-38(36)47(39)33-24-28-23-29(26-33)27-34(47)25-28/h1-22,28-29,33-34H,23-27H2. The van der Waals surface area contributed by atoms with Crippen molar-refractivity contribution in [1.29, 1.82) is 0 Å². The van der Waals surface area contributed by atoms with Crippen LogP contribution in [0.25, 0.3) is 72.4 Å². The van der Waals surface area contributed by atoms with E-state index in [1.54, 1.807) is 11.1 Å². The van der Waals surface area contributed by atoms with E-state index in [1.807, 2.05) is 12.1 Å². The lowest BCUT2D eigenvalue weighted by atomic mass is 9.43. The Labute approximate surface area is 296 Å². The van der Waals surface area contributed by atoms with Crippen molar-refractivity contribution in [3.8, 4) is 39.9 Å². The fourth-order valence-electron chi connectivity index (χ4n) is 11.6. The Morgan fingerprint density at radius 3 is 1.84 bits per heavy atom. The van der Waals surface area contributed by atoms with Gasteiger partial charge in [0.15, 0.2) is 11.6 Å². The first-order valence-corrected chi connectivity index (χ1v) is 18.7. The van der Waals surface area contributed by atoms with Gasteiger partial charge in [0.1, 0.15) is 0 Å². The maximum atomic E-state index is 5.30. The molecule has 4 fully saturated rings. The van der Waals surface area contributed by atoms with Crippen molar-refractivity contribution in [3.63, 3.8) is 0 Å². The van der Waals surface area contributed by atoms with Crippen molar-refractivity contribution >= 4 is 32.6 Å². The summed E-state index contributed by atoms with van der Waals surface area (Å²) in [6.45, 7) is 0. The van der Waals surface area contributed by atoms with Crippen LogP contribution in [-0.4, -0.2) is 19.5 Å². The molecule has 1 spiro atoms. The Morgan fingerprint density at radius 2 is 1.14 bits per heavy atom. The predicted molar refractivity (Wildman–Crippen MR) is 206 cm³/mol. The Hall–Kier alpha value is -5.61. The van der Waals surface area contributed by atoms with Gasteiger partial charge in [0.2, 0.25) is 5.95 Å². The minimum atomic E-state index is 0.104. The van der Waals surface area contributed by atoms with Gasteiger partial charge in [0.25, 0.3) is 0 Å². The zero-order valence-electron chi connectivity index (χ0n) is 28.3. The third-order valence-electron chi connectivity index (χ3n) is 13.2. The van der Waals surface area contributed by atoms with Crippen molar-refractivity contribution in [2.45, 2.75) is 37.5 Å². The predicted octanol–water partition coefficient (Wildman–Crippen LogP) is 11.2. The monoisotopic (exact) mass is 656 g/mol. The van der Waals surface area contributed by atoms with E-state index in [-0.39, 0.29) is 5.41 Å². The van der Waals surface area contributed by atoms with Crippen molar-refractivity contribution < 1.29 is 0 Å². The Morgan fingerprint density at radius 1 is 0.510 bits per heavy atom. The highest BCUT2D eigenvalue weighted by molar-refractivity contribution is 6.23. The molecular formula is C47H36N4. The van der Waals surface area contributed by atoms with Gasteiger partial charge in [-0.05, 0) is 89.5 Å². The molecule has 0 aliphatic heterocycles. The summed E-state index contributed by atoms with van der Waals surface area (Å²) in [6.07, 6.45) is 6.96. The lowest BCUT2D eigenvalue weighted by Gasteiger charge is -2.61. The summed E-state index contributed by atoms with van der Waals surface area (Å²) in [5, 5.41) is 5.01. The normalized spacial score (nSPS) is 24.2. The number of hydrogen-bond donors (Lipinski definition) is 0. The number of benzene rings is 6. The molecule has 0 saturated heterocycles. The van der Waals surface area contributed by atoms with Crippen molar-refractivity contribution in [3.05, 3.63) is 145 Å². The van der Waals surface area contributed by atoms with E-state index < -0.39 is 0 Å². The van der Waals surface area contributed by atoms with Crippen LogP contribution in [0.2, 0.25) is 0 Å². The highest BCUT2D eigenvalue weighted by Gasteiger charge is 2.61. The number of hydrogen-bond acceptors (Lipinski definition) is 3. The summed E-state index contributed by atoms with van der Waals surface area (Å²) < 4.78 is 2.35. The lowest BCUT2D eigenvalue weighted by Crippen LogP contribution is -2.55. The van der Waals surface area contributed by atoms with Crippen molar-refractivity contribution in [2.75, 3.05) is 0 Å². The SMILES string of the molecule is c1ccc(-c2nc(-c3ccccc3)nc(-n3c4ccc5c(c4c4ccc6ccccc6c43)-c3ccccc3C53C4CC5CC(C4)CC3C5)n2)cc1. The molecule has 5 aliphatic rings. The lowest BCUT2D eigenvalue weighted by molar-refractivity contribution is -0.0399. The summed E-state index contributed by atoms with van der Waals surface area (Å²) in [4.78, 5) is 15.7. The van der Waals surface area contributed by atoms with Gasteiger partial charge < -0.3 is 0 Å². The highest BCUT2D eigenvalue weighted by Crippen LogP contribution is 2.70. The largest absolute Gasteiger partial charge is 0.277 e. The average molecular weight is 657 g/mol. The highest BCUT2D eigenvalue weighted by atomic mass is 15.2. The van der Waals surface area contributed by atoms with Gasteiger partial charge in [0.05, 0.1) is 11.0 Å². The average Bonchev–Trinajstić information content (AvgIpc) is 3.68. The molecule has 5 aliphatic carbocycles. The van der Waals surface area contributed by atoms with Crippen LogP contribution >= 0.6 is 0 Å². The zero-order chi connectivity index (χ0) is 33.3. The molecule has 244 valence electrons. The topological polar surface area (TPSA) is 43.6 Å². The van der Waals surface area contributed by atoms with Crippen molar-refractivity contribution in [1.82, 2.24) is 19.5 Å². The molecule has 4 nitrogen and oxygen atoms in total. The van der Waals surface area contributed by atoms with E-state index in [1.165, 1.54) is 64.8 Å². The van der Waals surface area contributed by atoms with E-state index in [0.29, 0.717) is 29.4 Å². The van der Waals surface area contributed by atoms with Gasteiger partial charge in [-0.1, -0.05) is 127 Å². The molecule has 4 heteroatoms. The molecule has 8 aromatic rings. The van der Waals surface area contributed by atoms with Crippen LogP contribution in [0.15, 0.2) is 133 Å². The molecule has 0 radical (unpaired) electrons. The molecule has 0 unspecified atom stereocenters. The smallest absolute Gasteiger partial charge is 0.238 e. The van der Waals surface area contributed by atoms with Crippen molar-refractivity contribution in [2.24, 2.45) is 23.7 Å². The molecule has 4 saturated carbocycles. The van der Waals surface area contributed by atoms with E-state index in [2.05, 4.69) is 126 Å². The fraction of sp³-hybridized carbons (Fsp3) is 0.213. The van der Waals surface area contributed by atoms with Gasteiger partial charge in [-0.2, -0.15) is 9.97 Å². The minimum Gasteiger partial charge on any atom is -0.277 e. The van der Waals surface area contributed by atoms with Gasteiger partial charge in [-0.25, -0.2) is 4.98 Å². The molecule has 0 N–H and O–H groups in total. The van der Waals surface area contributed by atoms with E-state index in [0.717, 1.165) is 34.0 Å². The second-order valence-corrected chi connectivity index (χ2v) is 15.6. The number of rotatable bonds is 3. The molecule has 2 heterocycles. The van der Waals surface area contributed by atoms with Crippen LogP contribution < -0.4 is 0 Å². The third-order valence-corrected chi connectivity index (χ3v) is 13.2. The second kappa shape index (κ2) is 10.2. The van der Waals surface area contributed by atoms with Crippen LogP contribution in [-0.2, 0) is 5.41 Å². The molecule has 0 atom stereocenters. The molecule has 2 aromatic heterocycles. The molecule has 51 heavy (non-hydrogen) atoms. The van der Waals surface area contributed by atoms with E-state index in [9.17, 15) is 0 Å². The van der Waals surface area contributed by atoms with Crippen LogP contribution in [0.5, 0.6) is 0 Å². The van der Waals surface area contributed by atoms with Crippen LogP contribution in [0.3, 0.4) is 0 Å². The van der Waals surface area contributed by atoms with Crippen LogP contribution in [0.1, 0.15) is 43.2 Å². The third kappa shape index (κ3) is 3.72. The molecule has 6 aromatic carbocycles. The summed E-state index contributed by atoms with van der Waals surface area (Å²) in [5.41, 5.74) is 10.4. The quantitative estimate of drug-likeness (QED) is 0.190. The van der Waals surface area contributed by atoms with E-state index >= 15 is 0 Å². The van der Waals surface area contributed by atoms with Gasteiger partial charge in [-0.15, -0.1) is 0 Å². The second-order valence-electron chi connectivity index (χ2n) is 15.6. The fourth-order valence-corrected chi connectivity index (χ4v) is 11.6. The summed E-state index contributed by atoms with van der Waals surface area (Å²) in [7, 11) is 0. The summed E-state index contributed by atoms with van der Waals surface area (Å²) >= 11 is 0. The van der Waals surface area contributed by atoms with Gasteiger partial charge in [0, 0.05) is 32.7 Å². The van der Waals surface area contributed by atoms with Crippen LogP contribution in [0.4, 0.5) is 0 Å².